The molecule has 1 atom stereocenters. The van der Waals surface area contributed by atoms with Crippen molar-refractivity contribution in [1.29, 1.82) is 5.26 Å². The minimum absolute atomic E-state index is 0.0569. The van der Waals surface area contributed by atoms with E-state index in [-0.39, 0.29) is 25.0 Å². The Balaban J connectivity index is 1.50. The van der Waals surface area contributed by atoms with Crippen LogP contribution < -0.4 is 0 Å². The predicted octanol–water partition coefficient (Wildman–Crippen LogP) is 2.86. The summed E-state index contributed by atoms with van der Waals surface area (Å²) in [6, 6.07) is 7.25. The molecule has 2 aromatic heterocycles. The van der Waals surface area contributed by atoms with Crippen LogP contribution in [-0.2, 0) is 17.6 Å². The highest BCUT2D eigenvalue weighted by Crippen LogP contribution is 2.80. The third-order valence-corrected chi connectivity index (χ3v) is 6.87. The van der Waals surface area contributed by atoms with Gasteiger partial charge in [0, 0.05) is 23.2 Å². The minimum Gasteiger partial charge on any atom is -0.377 e. The number of hydrogen-bond acceptors (Lipinski definition) is 6. The lowest BCUT2D eigenvalue weighted by Crippen LogP contribution is -2.76. The Kier molecular flexibility index (Phi) is 4.20. The van der Waals surface area contributed by atoms with Gasteiger partial charge in [0.1, 0.15) is 29.7 Å². The van der Waals surface area contributed by atoms with Gasteiger partial charge in [-0.05, 0) is 58.9 Å². The first-order valence-corrected chi connectivity index (χ1v) is 9.78. The summed E-state index contributed by atoms with van der Waals surface area (Å²) in [6.45, 7) is -0.817. The molecule has 3 saturated carbocycles. The highest BCUT2D eigenvalue weighted by atomic mass is 19.3. The Morgan fingerprint density at radius 2 is 1.91 bits per heavy atom. The maximum atomic E-state index is 16.1. The first-order valence-electron chi connectivity index (χ1n) is 9.78. The van der Waals surface area contributed by atoms with Crippen LogP contribution in [0, 0.1) is 28.4 Å². The van der Waals surface area contributed by atoms with Gasteiger partial charge in [-0.15, -0.1) is 5.10 Å². The van der Waals surface area contributed by atoms with Crippen LogP contribution in [0.2, 0.25) is 0 Å². The van der Waals surface area contributed by atoms with Crippen molar-refractivity contribution in [2.75, 3.05) is 0 Å². The van der Waals surface area contributed by atoms with Gasteiger partial charge in [0.2, 0.25) is 0 Å². The third-order valence-electron chi connectivity index (χ3n) is 6.87. The molecule has 3 fully saturated rings. The number of tetrazole rings is 1. The molecule has 3 aliphatic carbocycles. The van der Waals surface area contributed by atoms with Gasteiger partial charge in [0.05, 0.1) is 6.54 Å². The van der Waals surface area contributed by atoms with Crippen LogP contribution in [0.1, 0.15) is 36.1 Å². The molecule has 11 heteroatoms. The van der Waals surface area contributed by atoms with Crippen LogP contribution in [0.25, 0.3) is 0 Å². The van der Waals surface area contributed by atoms with Crippen molar-refractivity contribution in [3.63, 3.8) is 0 Å². The van der Waals surface area contributed by atoms with Crippen LogP contribution in [0.3, 0.4) is 0 Å². The Morgan fingerprint density at radius 3 is 2.47 bits per heavy atom. The van der Waals surface area contributed by atoms with Crippen molar-refractivity contribution >= 4 is 0 Å². The monoisotopic (exact) mass is 444 g/mol. The third kappa shape index (κ3) is 2.62. The number of benzene rings is 1. The molecule has 0 spiro atoms. The Labute approximate surface area is 179 Å². The first-order chi connectivity index (χ1) is 15.1. The molecular formula is C21H16F4N6O. The summed E-state index contributed by atoms with van der Waals surface area (Å²) < 4.78 is 61.1. The molecule has 0 amide bonds. The van der Waals surface area contributed by atoms with E-state index < -0.39 is 46.1 Å². The van der Waals surface area contributed by atoms with Gasteiger partial charge in [-0.1, -0.05) is 6.07 Å². The molecule has 164 valence electrons. The molecule has 3 aromatic rings. The van der Waals surface area contributed by atoms with Crippen molar-refractivity contribution < 1.29 is 22.7 Å². The number of alkyl halides is 2. The normalized spacial score (nSPS) is 25.9. The lowest BCUT2D eigenvalue weighted by atomic mass is 9.30. The molecule has 0 saturated heterocycles. The molecule has 0 aliphatic heterocycles. The smallest absolute Gasteiger partial charge is 0.287 e. The maximum absolute atomic E-state index is 16.1. The fourth-order valence-electron chi connectivity index (χ4n) is 5.31. The number of rotatable bonds is 6. The van der Waals surface area contributed by atoms with Gasteiger partial charge >= 0.3 is 0 Å². The van der Waals surface area contributed by atoms with Crippen LogP contribution in [-0.4, -0.2) is 36.2 Å². The van der Waals surface area contributed by atoms with Gasteiger partial charge in [0.15, 0.2) is 5.60 Å². The van der Waals surface area contributed by atoms with E-state index in [1.54, 1.807) is 6.07 Å². The molecule has 3 aliphatic rings. The van der Waals surface area contributed by atoms with E-state index in [1.165, 1.54) is 12.3 Å². The standard InChI is InChI=1S/C21H16F4N6O/c22-14-2-4-16(17(23)5-14)20(32,11-31-12-28-29-30-31)21(24,25)19-8-18(9-19,10-19)13-1-3-15(6-26)27-7-13/h1-5,7,12,32H,8-11H2/t18?,19?,20-/m1/s1. The number of aliphatic hydroxyl groups is 1. The van der Waals surface area contributed by atoms with Crippen LogP contribution >= 0.6 is 0 Å². The van der Waals surface area contributed by atoms with Gasteiger partial charge in [-0.2, -0.15) is 5.26 Å². The van der Waals surface area contributed by atoms with Crippen molar-refractivity contribution in [2.24, 2.45) is 5.41 Å². The van der Waals surface area contributed by atoms with Crippen molar-refractivity contribution in [2.45, 2.75) is 42.7 Å². The van der Waals surface area contributed by atoms with Crippen LogP contribution in [0.5, 0.6) is 0 Å². The van der Waals surface area contributed by atoms with Crippen molar-refractivity contribution in [3.05, 3.63) is 71.3 Å². The van der Waals surface area contributed by atoms with Crippen molar-refractivity contribution in [1.82, 2.24) is 25.2 Å². The maximum Gasteiger partial charge on any atom is 0.287 e. The molecule has 7 nitrogen and oxygen atoms in total. The fourth-order valence-corrected chi connectivity index (χ4v) is 5.31. The summed E-state index contributed by atoms with van der Waals surface area (Å²) in [5.41, 5.74) is -4.88. The van der Waals surface area contributed by atoms with E-state index >= 15 is 8.78 Å². The molecule has 0 unspecified atom stereocenters. The van der Waals surface area contributed by atoms with Gasteiger partial charge < -0.3 is 5.11 Å². The molecule has 6 rings (SSSR count). The highest BCUT2D eigenvalue weighted by Gasteiger charge is 2.82. The Bertz CT molecular complexity index is 1200. The summed E-state index contributed by atoms with van der Waals surface area (Å²) >= 11 is 0. The second-order valence-corrected chi connectivity index (χ2v) is 8.70. The zero-order chi connectivity index (χ0) is 22.8. The summed E-state index contributed by atoms with van der Waals surface area (Å²) in [6.07, 6.45) is 2.71. The Hall–Kier alpha value is -3.39. The summed E-state index contributed by atoms with van der Waals surface area (Å²) in [5.74, 6) is -6.01. The predicted molar refractivity (Wildman–Crippen MR) is 99.9 cm³/mol. The topological polar surface area (TPSA) is 101 Å². The van der Waals surface area contributed by atoms with E-state index in [0.717, 1.165) is 28.7 Å². The van der Waals surface area contributed by atoms with Crippen LogP contribution in [0.4, 0.5) is 17.6 Å². The molecule has 1 N–H and O–H groups in total. The quantitative estimate of drug-likeness (QED) is 0.587. The number of hydrogen-bond donors (Lipinski definition) is 1. The number of pyridine rings is 1. The van der Waals surface area contributed by atoms with Crippen molar-refractivity contribution in [3.8, 4) is 6.07 Å². The van der Waals surface area contributed by atoms with E-state index in [9.17, 15) is 13.9 Å². The first kappa shape index (κ1) is 20.5. The molecular weight excluding hydrogens is 428 g/mol. The number of aromatic nitrogens is 5. The number of nitrogens with zero attached hydrogens (tertiary/aromatic N) is 6. The van der Waals surface area contributed by atoms with Gasteiger partial charge in [-0.3, -0.25) is 0 Å². The average molecular weight is 444 g/mol. The minimum atomic E-state index is -3.79. The molecule has 2 heterocycles. The summed E-state index contributed by atoms with van der Waals surface area (Å²) in [7, 11) is 0. The van der Waals surface area contributed by atoms with E-state index in [4.69, 9.17) is 5.26 Å². The van der Waals surface area contributed by atoms with Crippen LogP contribution in [0.15, 0.2) is 42.9 Å². The average Bonchev–Trinajstić information content (AvgIpc) is 3.18. The Morgan fingerprint density at radius 1 is 1.16 bits per heavy atom. The number of halogens is 4. The second kappa shape index (κ2) is 6.56. The SMILES string of the molecule is N#Cc1ccc(C23CC(C(F)(F)[C@@](O)(Cn4cnnn4)c4ccc(F)cc4F)(C2)C3)cn1. The summed E-state index contributed by atoms with van der Waals surface area (Å²) in [5, 5.41) is 30.5. The lowest BCUT2D eigenvalue weighted by Gasteiger charge is -2.74. The zero-order valence-electron chi connectivity index (χ0n) is 16.5. The fraction of sp³-hybridized carbons (Fsp3) is 0.381. The largest absolute Gasteiger partial charge is 0.377 e. The second-order valence-electron chi connectivity index (χ2n) is 8.70. The zero-order valence-corrected chi connectivity index (χ0v) is 16.5. The van der Waals surface area contributed by atoms with E-state index in [2.05, 4.69) is 20.5 Å². The molecule has 2 bridgehead atoms. The molecule has 32 heavy (non-hydrogen) atoms. The lowest BCUT2D eigenvalue weighted by molar-refractivity contribution is -0.347. The molecule has 1 aromatic carbocycles. The summed E-state index contributed by atoms with van der Waals surface area (Å²) in [4.78, 5) is 4.01. The van der Waals surface area contributed by atoms with E-state index in [0.29, 0.717) is 6.07 Å². The molecule has 0 radical (unpaired) electrons. The van der Waals surface area contributed by atoms with Gasteiger partial charge in [0.25, 0.3) is 5.92 Å². The highest BCUT2D eigenvalue weighted by molar-refractivity contribution is 5.43. The number of nitriles is 1. The van der Waals surface area contributed by atoms with Gasteiger partial charge in [-0.25, -0.2) is 27.2 Å². The van der Waals surface area contributed by atoms with E-state index in [1.807, 2.05) is 6.07 Å².